The lowest BCUT2D eigenvalue weighted by molar-refractivity contribution is -0.0507. The highest BCUT2D eigenvalue weighted by Gasteiger charge is 2.29. The van der Waals surface area contributed by atoms with Crippen molar-refractivity contribution < 1.29 is 13.5 Å². The number of hydrogen-bond donors (Lipinski definition) is 1. The fourth-order valence-corrected chi connectivity index (χ4v) is 2.67. The van der Waals surface area contributed by atoms with Crippen LogP contribution in [0.4, 0.5) is 8.78 Å². The van der Waals surface area contributed by atoms with E-state index >= 15 is 0 Å². The molecule has 3 rings (SSSR count). The topological polar surface area (TPSA) is 55.2 Å². The van der Waals surface area contributed by atoms with E-state index in [2.05, 4.69) is 20.0 Å². The number of ether oxygens (including phenoxy) is 1. The number of halogens is 2. The molecule has 2 aromatic rings. The van der Waals surface area contributed by atoms with Gasteiger partial charge in [0.15, 0.2) is 5.82 Å². The van der Waals surface area contributed by atoms with Crippen molar-refractivity contribution in [2.24, 2.45) is 5.10 Å². The van der Waals surface area contributed by atoms with Crippen LogP contribution in [0, 0.1) is 18.6 Å². The highest BCUT2D eigenvalue weighted by molar-refractivity contribution is 7.71. The summed E-state index contributed by atoms with van der Waals surface area (Å²) in [6, 6.07) is 3.49. The van der Waals surface area contributed by atoms with Crippen LogP contribution in [-0.2, 0) is 0 Å². The van der Waals surface area contributed by atoms with E-state index in [1.165, 1.54) is 0 Å². The molecule has 1 aromatic heterocycles. The SMILES string of the molecule is Cc1cc(/C=N\n2c(C3CC3)n[nH]c2=S)cc(C)c1OC(F)F. The molecule has 5 nitrogen and oxygen atoms in total. The van der Waals surface area contributed by atoms with Crippen LogP contribution < -0.4 is 4.74 Å². The molecule has 8 heteroatoms. The van der Waals surface area contributed by atoms with Crippen LogP contribution in [0.5, 0.6) is 5.75 Å². The first kappa shape index (κ1) is 15.8. The van der Waals surface area contributed by atoms with E-state index in [1.54, 1.807) is 36.9 Å². The van der Waals surface area contributed by atoms with Crippen molar-refractivity contribution in [1.29, 1.82) is 0 Å². The second kappa shape index (κ2) is 6.19. The number of benzene rings is 1. The third kappa shape index (κ3) is 3.47. The molecular weight excluding hydrogens is 322 g/mol. The number of H-pyrrole nitrogens is 1. The minimum Gasteiger partial charge on any atom is -0.434 e. The zero-order valence-corrected chi connectivity index (χ0v) is 13.5. The Morgan fingerprint density at radius 1 is 1.39 bits per heavy atom. The molecule has 0 aliphatic heterocycles. The lowest BCUT2D eigenvalue weighted by atomic mass is 10.1. The Labute approximate surface area is 137 Å². The summed E-state index contributed by atoms with van der Waals surface area (Å²) in [5.41, 5.74) is 2.04. The fraction of sp³-hybridized carbons (Fsp3) is 0.400. The average Bonchev–Trinajstić information content (AvgIpc) is 3.25. The molecule has 23 heavy (non-hydrogen) atoms. The average molecular weight is 338 g/mol. The second-order valence-electron chi connectivity index (χ2n) is 5.58. The van der Waals surface area contributed by atoms with Crippen molar-refractivity contribution in [2.75, 3.05) is 0 Å². The Morgan fingerprint density at radius 3 is 2.61 bits per heavy atom. The standard InChI is InChI=1S/C15H16F2N4OS/c1-8-5-10(6-9(2)12(8)22-14(16)17)7-18-21-13(11-3-4-11)19-20-15(21)23/h5-7,11,14H,3-4H2,1-2H3,(H,20,23)/b18-7-. The van der Waals surface area contributed by atoms with Crippen molar-refractivity contribution >= 4 is 18.4 Å². The van der Waals surface area contributed by atoms with Gasteiger partial charge in [-0.1, -0.05) is 0 Å². The van der Waals surface area contributed by atoms with Crippen LogP contribution in [0.15, 0.2) is 17.2 Å². The van der Waals surface area contributed by atoms with Crippen molar-refractivity contribution in [3.05, 3.63) is 39.4 Å². The Bertz CT molecular complexity index is 785. The van der Waals surface area contributed by atoms with Gasteiger partial charge in [-0.25, -0.2) is 0 Å². The number of alkyl halides is 2. The van der Waals surface area contributed by atoms with E-state index in [9.17, 15) is 8.78 Å². The Kier molecular flexibility index (Phi) is 4.25. The van der Waals surface area contributed by atoms with Gasteiger partial charge in [-0.15, -0.1) is 0 Å². The second-order valence-corrected chi connectivity index (χ2v) is 5.97. The van der Waals surface area contributed by atoms with Crippen LogP contribution in [0.2, 0.25) is 0 Å². The maximum atomic E-state index is 12.4. The summed E-state index contributed by atoms with van der Waals surface area (Å²) in [5.74, 6) is 1.44. The van der Waals surface area contributed by atoms with Gasteiger partial charge in [-0.05, 0) is 67.7 Å². The van der Waals surface area contributed by atoms with E-state index in [0.29, 0.717) is 21.8 Å². The largest absolute Gasteiger partial charge is 0.434 e. The lowest BCUT2D eigenvalue weighted by Gasteiger charge is -2.11. The quantitative estimate of drug-likeness (QED) is 0.664. The number of aromatic nitrogens is 3. The summed E-state index contributed by atoms with van der Waals surface area (Å²) < 4.78 is 31.4. The third-order valence-corrected chi connectivity index (χ3v) is 3.89. The number of aryl methyl sites for hydroxylation is 2. The van der Waals surface area contributed by atoms with E-state index in [1.807, 2.05) is 0 Å². The molecule has 0 saturated heterocycles. The number of hydrogen-bond acceptors (Lipinski definition) is 4. The molecule has 1 N–H and O–H groups in total. The zero-order valence-electron chi connectivity index (χ0n) is 12.7. The van der Waals surface area contributed by atoms with Crippen LogP contribution in [0.1, 0.15) is 41.3 Å². The lowest BCUT2D eigenvalue weighted by Crippen LogP contribution is -2.05. The molecule has 0 radical (unpaired) electrons. The molecule has 1 aliphatic carbocycles. The Morgan fingerprint density at radius 2 is 2.04 bits per heavy atom. The van der Waals surface area contributed by atoms with Gasteiger partial charge in [0.25, 0.3) is 0 Å². The van der Waals surface area contributed by atoms with Crippen molar-refractivity contribution in [3.63, 3.8) is 0 Å². The highest BCUT2D eigenvalue weighted by atomic mass is 32.1. The first-order valence-electron chi connectivity index (χ1n) is 7.23. The molecular formula is C15H16F2N4OS. The maximum Gasteiger partial charge on any atom is 0.387 e. The molecule has 0 bridgehead atoms. The van der Waals surface area contributed by atoms with Gasteiger partial charge in [0.2, 0.25) is 4.77 Å². The van der Waals surface area contributed by atoms with Gasteiger partial charge in [-0.3, -0.25) is 5.10 Å². The summed E-state index contributed by atoms with van der Waals surface area (Å²) in [6.07, 6.45) is 3.82. The van der Waals surface area contributed by atoms with Gasteiger partial charge in [-0.2, -0.15) is 23.7 Å². The summed E-state index contributed by atoms with van der Waals surface area (Å²) in [6.45, 7) is 0.611. The number of nitrogens with zero attached hydrogens (tertiary/aromatic N) is 3. The van der Waals surface area contributed by atoms with Crippen LogP contribution in [0.3, 0.4) is 0 Å². The molecule has 122 valence electrons. The van der Waals surface area contributed by atoms with Gasteiger partial charge in [0.05, 0.1) is 6.21 Å². The first-order valence-corrected chi connectivity index (χ1v) is 7.64. The smallest absolute Gasteiger partial charge is 0.387 e. The van der Waals surface area contributed by atoms with Gasteiger partial charge in [0.1, 0.15) is 5.75 Å². The summed E-state index contributed by atoms with van der Waals surface area (Å²) in [4.78, 5) is 0. The van der Waals surface area contributed by atoms with Crippen molar-refractivity contribution in [1.82, 2.24) is 14.9 Å². The predicted molar refractivity (Wildman–Crippen MR) is 84.9 cm³/mol. The summed E-state index contributed by atoms with van der Waals surface area (Å²) >= 11 is 5.18. The molecule has 1 fully saturated rings. The normalized spacial score (nSPS) is 14.8. The fourth-order valence-electron chi connectivity index (χ4n) is 2.48. The summed E-state index contributed by atoms with van der Waals surface area (Å²) in [7, 11) is 0. The van der Waals surface area contributed by atoms with Crippen LogP contribution in [-0.4, -0.2) is 27.7 Å². The Balaban J connectivity index is 1.89. The van der Waals surface area contributed by atoms with Crippen LogP contribution in [0.25, 0.3) is 0 Å². The van der Waals surface area contributed by atoms with E-state index < -0.39 is 6.61 Å². The van der Waals surface area contributed by atoms with E-state index in [0.717, 1.165) is 24.2 Å². The number of rotatable bonds is 5. The predicted octanol–water partition coefficient (Wildman–Crippen LogP) is 3.92. The van der Waals surface area contributed by atoms with Gasteiger partial charge >= 0.3 is 6.61 Å². The van der Waals surface area contributed by atoms with E-state index in [4.69, 9.17) is 12.2 Å². The molecule has 1 aromatic carbocycles. The van der Waals surface area contributed by atoms with Crippen LogP contribution >= 0.6 is 12.2 Å². The van der Waals surface area contributed by atoms with Crippen molar-refractivity contribution in [2.45, 2.75) is 39.2 Å². The maximum absolute atomic E-state index is 12.4. The molecule has 1 heterocycles. The molecule has 0 amide bonds. The molecule has 0 unspecified atom stereocenters. The van der Waals surface area contributed by atoms with Gasteiger partial charge in [0, 0.05) is 5.92 Å². The molecule has 1 aliphatic rings. The minimum atomic E-state index is -2.84. The Hall–Kier alpha value is -2.09. The zero-order chi connectivity index (χ0) is 16.6. The monoisotopic (exact) mass is 338 g/mol. The van der Waals surface area contributed by atoms with Crippen molar-refractivity contribution in [3.8, 4) is 5.75 Å². The first-order chi connectivity index (χ1) is 11.0. The summed E-state index contributed by atoms with van der Waals surface area (Å²) in [5, 5.41) is 11.3. The van der Waals surface area contributed by atoms with E-state index in [-0.39, 0.29) is 5.75 Å². The molecule has 0 atom stereocenters. The number of nitrogens with one attached hydrogen (secondary N) is 1. The minimum absolute atomic E-state index is 0.204. The molecule has 0 spiro atoms. The highest BCUT2D eigenvalue weighted by Crippen LogP contribution is 2.38. The third-order valence-electron chi connectivity index (χ3n) is 3.63. The number of aromatic amines is 1. The molecule has 1 saturated carbocycles. The van der Waals surface area contributed by atoms with Gasteiger partial charge < -0.3 is 4.74 Å².